The van der Waals surface area contributed by atoms with Gasteiger partial charge in [0.15, 0.2) is 0 Å². The number of methoxy groups -OCH3 is 1. The Hall–Kier alpha value is -3.86. The highest BCUT2D eigenvalue weighted by atomic mass is 16.5. The van der Waals surface area contributed by atoms with Crippen LogP contribution >= 0.6 is 0 Å². The number of carbonyl (C=O) groups excluding carboxylic acids is 1. The van der Waals surface area contributed by atoms with E-state index < -0.39 is 0 Å². The van der Waals surface area contributed by atoms with Crippen LogP contribution in [0.5, 0.6) is 5.75 Å². The monoisotopic (exact) mass is 412 g/mol. The Kier molecular flexibility index (Phi) is 5.85. The summed E-state index contributed by atoms with van der Waals surface area (Å²) in [6.45, 7) is 4.39. The smallest absolute Gasteiger partial charge is 0.244 e. The number of nitrogens with one attached hydrogen (secondary N) is 1. The maximum atomic E-state index is 12.5. The van der Waals surface area contributed by atoms with Crippen molar-refractivity contribution in [3.63, 3.8) is 0 Å². The fourth-order valence-electron chi connectivity index (χ4n) is 3.51. The largest absolute Gasteiger partial charge is 0.496 e. The van der Waals surface area contributed by atoms with Crippen LogP contribution in [0.2, 0.25) is 0 Å². The van der Waals surface area contributed by atoms with Crippen molar-refractivity contribution in [1.82, 2.24) is 10.3 Å². The molecule has 0 atom stereocenters. The van der Waals surface area contributed by atoms with Gasteiger partial charge in [-0.15, -0.1) is 0 Å². The van der Waals surface area contributed by atoms with E-state index in [9.17, 15) is 4.79 Å². The number of amides is 1. The molecular formula is C26H24N2O3. The molecule has 1 N–H and O–H groups in total. The summed E-state index contributed by atoms with van der Waals surface area (Å²) in [7, 11) is 1.62. The number of allylic oxidation sites excluding steroid dienone is 1. The number of aryl methyl sites for hydroxylation is 1. The molecule has 0 radical (unpaired) electrons. The van der Waals surface area contributed by atoms with Crippen LogP contribution in [0.4, 0.5) is 0 Å². The molecule has 4 rings (SSSR count). The number of ether oxygens (including phenoxy) is 1. The van der Waals surface area contributed by atoms with Crippen molar-refractivity contribution in [3.8, 4) is 16.9 Å². The van der Waals surface area contributed by atoms with Gasteiger partial charge in [-0.1, -0.05) is 35.9 Å². The minimum absolute atomic E-state index is 0.172. The molecule has 0 aliphatic rings. The molecule has 2 aromatic heterocycles. The second-order valence-electron chi connectivity index (χ2n) is 7.47. The number of nitrogens with zero attached hydrogens (tertiary/aromatic N) is 1. The summed E-state index contributed by atoms with van der Waals surface area (Å²) in [5.41, 5.74) is 6.63. The zero-order valence-electron chi connectivity index (χ0n) is 17.8. The van der Waals surface area contributed by atoms with Gasteiger partial charge in [-0.25, -0.2) is 0 Å². The van der Waals surface area contributed by atoms with Crippen molar-refractivity contribution in [1.29, 1.82) is 0 Å². The molecule has 2 aromatic carbocycles. The molecule has 5 nitrogen and oxygen atoms in total. The first-order valence-electron chi connectivity index (χ1n) is 10.1. The van der Waals surface area contributed by atoms with Crippen LogP contribution in [0.3, 0.4) is 0 Å². The van der Waals surface area contributed by atoms with Crippen molar-refractivity contribution in [2.24, 2.45) is 0 Å². The summed E-state index contributed by atoms with van der Waals surface area (Å²) in [6, 6.07) is 16.0. The highest BCUT2D eigenvalue weighted by molar-refractivity contribution is 6.00. The topological polar surface area (TPSA) is 64.4 Å². The molecule has 4 aromatic rings. The van der Waals surface area contributed by atoms with Crippen LogP contribution in [0.15, 0.2) is 77.7 Å². The molecule has 31 heavy (non-hydrogen) atoms. The van der Waals surface area contributed by atoms with E-state index in [0.29, 0.717) is 12.3 Å². The van der Waals surface area contributed by atoms with E-state index in [2.05, 4.69) is 41.5 Å². The van der Waals surface area contributed by atoms with Gasteiger partial charge in [-0.3, -0.25) is 9.78 Å². The van der Waals surface area contributed by atoms with Gasteiger partial charge in [-0.2, -0.15) is 0 Å². The van der Waals surface area contributed by atoms with Crippen LogP contribution in [0.25, 0.3) is 27.7 Å². The van der Waals surface area contributed by atoms with Gasteiger partial charge in [0.05, 0.1) is 13.4 Å². The van der Waals surface area contributed by atoms with Gasteiger partial charge in [0, 0.05) is 47.6 Å². The maximum absolute atomic E-state index is 12.5. The second-order valence-corrected chi connectivity index (χ2v) is 7.47. The molecule has 0 saturated heterocycles. The van der Waals surface area contributed by atoms with Gasteiger partial charge < -0.3 is 14.5 Å². The lowest BCUT2D eigenvalue weighted by Gasteiger charge is -2.10. The molecule has 0 bridgehead atoms. The normalized spacial score (nSPS) is 11.5. The van der Waals surface area contributed by atoms with E-state index >= 15 is 0 Å². The van der Waals surface area contributed by atoms with E-state index in [1.165, 1.54) is 5.56 Å². The predicted octanol–water partition coefficient (Wildman–Crippen LogP) is 5.53. The second kappa shape index (κ2) is 8.88. The summed E-state index contributed by atoms with van der Waals surface area (Å²) in [6.07, 6.45) is 6.79. The number of fused-ring (bicyclic) bond motifs is 1. The number of aromatic nitrogens is 1. The Labute approximate surface area is 181 Å². The highest BCUT2D eigenvalue weighted by Crippen LogP contribution is 2.37. The Bertz CT molecular complexity index is 1240. The summed E-state index contributed by atoms with van der Waals surface area (Å²) in [4.78, 5) is 16.5. The fourth-order valence-corrected chi connectivity index (χ4v) is 3.51. The third kappa shape index (κ3) is 4.51. The zero-order valence-corrected chi connectivity index (χ0v) is 17.8. The summed E-state index contributed by atoms with van der Waals surface area (Å²) in [5, 5.41) is 3.87. The van der Waals surface area contributed by atoms with E-state index in [-0.39, 0.29) is 5.91 Å². The molecule has 2 heterocycles. The third-order valence-electron chi connectivity index (χ3n) is 5.22. The Balaban J connectivity index is 1.65. The summed E-state index contributed by atoms with van der Waals surface area (Å²) >= 11 is 0. The molecule has 1 amide bonds. The SMILES string of the molecule is COc1cc2occ(-c3ccc(C)cc3)c2cc1/C(C)=C/C(=O)NCc1cccnc1. The molecule has 5 heteroatoms. The minimum Gasteiger partial charge on any atom is -0.496 e. The molecule has 0 saturated carbocycles. The van der Waals surface area contributed by atoms with Crippen molar-refractivity contribution >= 4 is 22.4 Å². The first-order chi connectivity index (χ1) is 15.0. The lowest BCUT2D eigenvalue weighted by Crippen LogP contribution is -2.20. The quantitative estimate of drug-likeness (QED) is 0.423. The van der Waals surface area contributed by atoms with E-state index in [0.717, 1.165) is 38.8 Å². The van der Waals surface area contributed by atoms with E-state index in [1.807, 2.05) is 31.2 Å². The Morgan fingerprint density at radius 3 is 2.71 bits per heavy atom. The number of rotatable bonds is 6. The Morgan fingerprint density at radius 1 is 1.19 bits per heavy atom. The first-order valence-corrected chi connectivity index (χ1v) is 10.1. The molecule has 0 unspecified atom stereocenters. The molecule has 0 aliphatic heterocycles. The van der Waals surface area contributed by atoms with Crippen molar-refractivity contribution in [2.75, 3.05) is 7.11 Å². The van der Waals surface area contributed by atoms with Gasteiger partial charge in [-0.05, 0) is 42.7 Å². The summed E-state index contributed by atoms with van der Waals surface area (Å²) < 4.78 is 11.4. The molecule has 0 aliphatic carbocycles. The number of hydrogen-bond donors (Lipinski definition) is 1. The lowest BCUT2D eigenvalue weighted by atomic mass is 9.99. The predicted molar refractivity (Wildman–Crippen MR) is 123 cm³/mol. The van der Waals surface area contributed by atoms with E-state index in [4.69, 9.17) is 9.15 Å². The maximum Gasteiger partial charge on any atom is 0.244 e. The zero-order chi connectivity index (χ0) is 21.8. The molecule has 156 valence electrons. The number of benzene rings is 2. The number of carbonyl (C=O) groups is 1. The average Bonchev–Trinajstić information content (AvgIpc) is 3.21. The number of hydrogen-bond acceptors (Lipinski definition) is 4. The van der Waals surface area contributed by atoms with Crippen molar-refractivity contribution < 1.29 is 13.9 Å². The average molecular weight is 412 g/mol. The van der Waals surface area contributed by atoms with Crippen LogP contribution in [0, 0.1) is 6.92 Å². The number of pyridine rings is 1. The van der Waals surface area contributed by atoms with Gasteiger partial charge >= 0.3 is 0 Å². The third-order valence-corrected chi connectivity index (χ3v) is 5.22. The Morgan fingerprint density at radius 2 is 2.00 bits per heavy atom. The van der Waals surface area contributed by atoms with Crippen LogP contribution in [0.1, 0.15) is 23.6 Å². The first kappa shape index (κ1) is 20.4. The van der Waals surface area contributed by atoms with Crippen LogP contribution in [-0.2, 0) is 11.3 Å². The lowest BCUT2D eigenvalue weighted by molar-refractivity contribution is -0.116. The molecular weight excluding hydrogens is 388 g/mol. The minimum atomic E-state index is -0.172. The standard InChI is InChI=1S/C26H24N2O3/c1-17-6-8-20(9-7-17)23-16-31-25-13-24(30-3)21(12-22(23)25)18(2)11-26(29)28-15-19-5-4-10-27-14-19/h4-14,16H,15H2,1-3H3,(H,28,29)/b18-11+. The van der Waals surface area contributed by atoms with Crippen LogP contribution < -0.4 is 10.1 Å². The van der Waals surface area contributed by atoms with Crippen molar-refractivity contribution in [3.05, 3.63) is 90.0 Å². The van der Waals surface area contributed by atoms with Crippen molar-refractivity contribution in [2.45, 2.75) is 20.4 Å². The number of furan rings is 1. The fraction of sp³-hybridized carbons (Fsp3) is 0.154. The molecule has 0 spiro atoms. The highest BCUT2D eigenvalue weighted by Gasteiger charge is 2.15. The summed E-state index contributed by atoms with van der Waals surface area (Å²) in [5.74, 6) is 0.487. The van der Waals surface area contributed by atoms with Gasteiger partial charge in [0.25, 0.3) is 0 Å². The molecule has 0 fully saturated rings. The van der Waals surface area contributed by atoms with Gasteiger partial charge in [0.2, 0.25) is 5.91 Å². The van der Waals surface area contributed by atoms with Gasteiger partial charge in [0.1, 0.15) is 11.3 Å². The van der Waals surface area contributed by atoms with E-state index in [1.54, 1.807) is 31.8 Å². The van der Waals surface area contributed by atoms with Crippen LogP contribution in [-0.4, -0.2) is 18.0 Å².